The van der Waals surface area contributed by atoms with Gasteiger partial charge in [0.2, 0.25) is 5.91 Å². The molecule has 1 amide bonds. The van der Waals surface area contributed by atoms with Crippen LogP contribution in [0.1, 0.15) is 16.8 Å². The van der Waals surface area contributed by atoms with Gasteiger partial charge in [-0.2, -0.15) is 0 Å². The van der Waals surface area contributed by atoms with Crippen LogP contribution in [0.3, 0.4) is 0 Å². The van der Waals surface area contributed by atoms with Gasteiger partial charge in [-0.1, -0.05) is 29.8 Å². The molecule has 24 heavy (non-hydrogen) atoms. The van der Waals surface area contributed by atoms with Crippen molar-refractivity contribution < 1.29 is 4.79 Å². The molecule has 0 fully saturated rings. The van der Waals surface area contributed by atoms with Gasteiger partial charge < -0.3 is 5.32 Å². The van der Waals surface area contributed by atoms with Crippen molar-refractivity contribution in [1.82, 2.24) is 4.98 Å². The van der Waals surface area contributed by atoms with Crippen molar-refractivity contribution in [1.29, 1.82) is 0 Å². The van der Waals surface area contributed by atoms with E-state index in [1.54, 1.807) is 0 Å². The van der Waals surface area contributed by atoms with Gasteiger partial charge in [-0.25, -0.2) is 4.98 Å². The fourth-order valence-corrected chi connectivity index (χ4v) is 3.25. The number of benzene rings is 2. The lowest BCUT2D eigenvalue weighted by atomic mass is 10.1. The van der Waals surface area contributed by atoms with Crippen LogP contribution in [-0.4, -0.2) is 10.9 Å². The first kappa shape index (κ1) is 16.7. The summed E-state index contributed by atoms with van der Waals surface area (Å²) in [6, 6.07) is 13.4. The minimum Gasteiger partial charge on any atom is -0.326 e. The topological polar surface area (TPSA) is 42.0 Å². The number of nitrogens with one attached hydrogen (secondary N) is 1. The van der Waals surface area contributed by atoms with Gasteiger partial charge >= 0.3 is 0 Å². The van der Waals surface area contributed by atoms with E-state index in [-0.39, 0.29) is 12.3 Å². The quantitative estimate of drug-likeness (QED) is 0.692. The van der Waals surface area contributed by atoms with E-state index in [0.717, 1.165) is 27.5 Å². The molecule has 1 N–H and O–H groups in total. The number of rotatable bonds is 4. The lowest BCUT2D eigenvalue weighted by Crippen LogP contribution is -2.14. The standard InChI is InChI=1S/C19H17ClN2OS/c1-12-3-8-16(9-13(12)2)21-18(23)10-17-11-24-19(22-17)14-4-6-15(20)7-5-14/h3-9,11H,10H2,1-2H3,(H,21,23). The smallest absolute Gasteiger partial charge is 0.230 e. The molecule has 3 aromatic rings. The minimum absolute atomic E-state index is 0.0637. The highest BCUT2D eigenvalue weighted by Gasteiger charge is 2.10. The Morgan fingerprint density at radius 3 is 2.58 bits per heavy atom. The van der Waals surface area contributed by atoms with Crippen LogP contribution in [0.25, 0.3) is 10.6 Å². The molecule has 0 aliphatic rings. The predicted molar refractivity (Wildman–Crippen MR) is 101 cm³/mol. The zero-order valence-electron chi connectivity index (χ0n) is 13.5. The number of aryl methyl sites for hydroxylation is 2. The molecule has 0 radical (unpaired) electrons. The normalized spacial score (nSPS) is 10.6. The van der Waals surface area contributed by atoms with Crippen molar-refractivity contribution in [3.63, 3.8) is 0 Å². The number of carbonyl (C=O) groups is 1. The molecule has 0 aliphatic heterocycles. The molecule has 0 saturated carbocycles. The fourth-order valence-electron chi connectivity index (χ4n) is 2.30. The largest absolute Gasteiger partial charge is 0.326 e. The maximum Gasteiger partial charge on any atom is 0.230 e. The van der Waals surface area contributed by atoms with Crippen LogP contribution in [0, 0.1) is 13.8 Å². The van der Waals surface area contributed by atoms with Gasteiger partial charge in [-0.15, -0.1) is 11.3 Å². The Morgan fingerprint density at radius 2 is 1.88 bits per heavy atom. The van der Waals surface area contributed by atoms with E-state index in [1.165, 1.54) is 16.9 Å². The van der Waals surface area contributed by atoms with Crippen LogP contribution in [0.5, 0.6) is 0 Å². The maximum absolute atomic E-state index is 12.2. The molecule has 2 aromatic carbocycles. The van der Waals surface area contributed by atoms with Crippen LogP contribution in [-0.2, 0) is 11.2 Å². The van der Waals surface area contributed by atoms with E-state index in [4.69, 9.17) is 11.6 Å². The monoisotopic (exact) mass is 356 g/mol. The summed E-state index contributed by atoms with van der Waals surface area (Å²) in [7, 11) is 0. The van der Waals surface area contributed by atoms with Crippen molar-refractivity contribution in [2.75, 3.05) is 5.32 Å². The number of thiazole rings is 1. The third-order valence-electron chi connectivity index (χ3n) is 3.78. The summed E-state index contributed by atoms with van der Waals surface area (Å²) in [4.78, 5) is 16.7. The maximum atomic E-state index is 12.2. The Bertz CT molecular complexity index is 871. The molecule has 0 aliphatic carbocycles. The number of hydrogen-bond donors (Lipinski definition) is 1. The zero-order valence-corrected chi connectivity index (χ0v) is 15.0. The van der Waals surface area contributed by atoms with Crippen LogP contribution in [0.2, 0.25) is 5.02 Å². The van der Waals surface area contributed by atoms with Crippen LogP contribution in [0.15, 0.2) is 47.8 Å². The summed E-state index contributed by atoms with van der Waals surface area (Å²) < 4.78 is 0. The second-order valence-electron chi connectivity index (χ2n) is 5.67. The summed E-state index contributed by atoms with van der Waals surface area (Å²) in [5.41, 5.74) is 4.96. The van der Waals surface area contributed by atoms with Crippen molar-refractivity contribution in [3.8, 4) is 10.6 Å². The van der Waals surface area contributed by atoms with E-state index >= 15 is 0 Å². The lowest BCUT2D eigenvalue weighted by Gasteiger charge is -2.06. The fraction of sp³-hybridized carbons (Fsp3) is 0.158. The SMILES string of the molecule is Cc1ccc(NC(=O)Cc2csc(-c3ccc(Cl)cc3)n2)cc1C. The van der Waals surface area contributed by atoms with Crippen molar-refractivity contribution in [2.24, 2.45) is 0 Å². The Hall–Kier alpha value is -2.17. The van der Waals surface area contributed by atoms with Crippen LogP contribution < -0.4 is 5.32 Å². The third-order valence-corrected chi connectivity index (χ3v) is 4.97. The van der Waals surface area contributed by atoms with Gasteiger partial charge in [0.05, 0.1) is 12.1 Å². The second kappa shape index (κ2) is 7.16. The summed E-state index contributed by atoms with van der Waals surface area (Å²) in [5, 5.41) is 6.43. The first-order chi connectivity index (χ1) is 11.5. The highest BCUT2D eigenvalue weighted by atomic mass is 35.5. The highest BCUT2D eigenvalue weighted by Crippen LogP contribution is 2.25. The first-order valence-corrected chi connectivity index (χ1v) is 8.84. The molecule has 0 bridgehead atoms. The number of carbonyl (C=O) groups excluding carboxylic acids is 1. The van der Waals surface area contributed by atoms with Crippen molar-refractivity contribution in [3.05, 3.63) is 69.7 Å². The molecular formula is C19H17ClN2OS. The van der Waals surface area contributed by atoms with E-state index in [9.17, 15) is 4.79 Å². The van der Waals surface area contributed by atoms with Gasteiger partial charge in [-0.3, -0.25) is 4.79 Å². The Kier molecular flexibility index (Phi) is 4.97. The second-order valence-corrected chi connectivity index (χ2v) is 6.97. The van der Waals surface area contributed by atoms with Gasteiger partial charge in [0, 0.05) is 21.7 Å². The molecule has 3 nitrogen and oxygen atoms in total. The molecule has 1 heterocycles. The van der Waals surface area contributed by atoms with Crippen molar-refractivity contribution in [2.45, 2.75) is 20.3 Å². The molecule has 0 spiro atoms. The van der Waals surface area contributed by atoms with Crippen LogP contribution in [0.4, 0.5) is 5.69 Å². The summed E-state index contributed by atoms with van der Waals surface area (Å²) in [5.74, 6) is -0.0637. The molecule has 122 valence electrons. The summed E-state index contributed by atoms with van der Waals surface area (Å²) in [6.45, 7) is 4.08. The molecule has 0 unspecified atom stereocenters. The average Bonchev–Trinajstić information content (AvgIpc) is 3.00. The summed E-state index contributed by atoms with van der Waals surface area (Å²) in [6.07, 6.45) is 0.261. The Balaban J connectivity index is 1.66. The third kappa shape index (κ3) is 4.02. The lowest BCUT2D eigenvalue weighted by molar-refractivity contribution is -0.115. The average molecular weight is 357 g/mol. The number of anilines is 1. The van der Waals surface area contributed by atoms with E-state index in [1.807, 2.05) is 54.8 Å². The minimum atomic E-state index is -0.0637. The van der Waals surface area contributed by atoms with Crippen molar-refractivity contribution >= 4 is 34.5 Å². The molecular weight excluding hydrogens is 340 g/mol. The predicted octanol–water partition coefficient (Wildman–Crippen LogP) is 5.26. The number of nitrogens with zero attached hydrogens (tertiary/aromatic N) is 1. The number of halogens is 1. The van der Waals surface area contributed by atoms with E-state index in [0.29, 0.717) is 5.02 Å². The number of aromatic nitrogens is 1. The van der Waals surface area contributed by atoms with Crippen LogP contribution >= 0.6 is 22.9 Å². The first-order valence-electron chi connectivity index (χ1n) is 7.59. The van der Waals surface area contributed by atoms with Gasteiger partial charge in [0.1, 0.15) is 5.01 Å². The zero-order chi connectivity index (χ0) is 17.1. The number of hydrogen-bond acceptors (Lipinski definition) is 3. The molecule has 1 aromatic heterocycles. The van der Waals surface area contributed by atoms with Gasteiger partial charge in [-0.05, 0) is 49.2 Å². The molecule has 0 atom stereocenters. The molecule has 0 saturated heterocycles. The van der Waals surface area contributed by atoms with E-state index in [2.05, 4.69) is 17.2 Å². The highest BCUT2D eigenvalue weighted by molar-refractivity contribution is 7.13. The van der Waals surface area contributed by atoms with E-state index < -0.39 is 0 Å². The van der Waals surface area contributed by atoms with Gasteiger partial charge in [0.15, 0.2) is 0 Å². The Labute approximate surface area is 150 Å². The van der Waals surface area contributed by atoms with Gasteiger partial charge in [0.25, 0.3) is 0 Å². The summed E-state index contributed by atoms with van der Waals surface area (Å²) >= 11 is 7.43. The Morgan fingerprint density at radius 1 is 1.12 bits per heavy atom. The number of amides is 1. The molecule has 3 rings (SSSR count). The molecule has 5 heteroatoms.